The Balaban J connectivity index is 1.28. The summed E-state index contributed by atoms with van der Waals surface area (Å²) in [5.41, 5.74) is 3.37. The van der Waals surface area contributed by atoms with E-state index in [4.69, 9.17) is 43.0 Å². The summed E-state index contributed by atoms with van der Waals surface area (Å²) >= 11 is 12.7. The van der Waals surface area contributed by atoms with Gasteiger partial charge < -0.3 is 9.64 Å². The van der Waals surface area contributed by atoms with Crippen molar-refractivity contribution in [1.29, 1.82) is 0 Å². The number of fused-ring (bicyclic) bond motifs is 1. The first-order chi connectivity index (χ1) is 19.2. The second kappa shape index (κ2) is 12.6. The molecule has 4 atom stereocenters. The van der Waals surface area contributed by atoms with Gasteiger partial charge in [0.25, 0.3) is 0 Å². The average molecular weight is 588 g/mol. The molecule has 1 unspecified atom stereocenters. The maximum atomic E-state index is 11.9. The summed E-state index contributed by atoms with van der Waals surface area (Å²) in [6, 6.07) is 5.99. The van der Waals surface area contributed by atoms with E-state index in [0.29, 0.717) is 41.0 Å². The molecule has 5 rings (SSSR count). The van der Waals surface area contributed by atoms with Crippen LogP contribution < -0.4 is 4.90 Å². The van der Waals surface area contributed by atoms with Gasteiger partial charge in [-0.2, -0.15) is 5.10 Å². The van der Waals surface area contributed by atoms with Gasteiger partial charge in [0.15, 0.2) is 5.65 Å². The predicted molar refractivity (Wildman–Crippen MR) is 160 cm³/mol. The number of rotatable bonds is 8. The monoisotopic (exact) mass is 586 g/mol. The Morgan fingerprint density at radius 1 is 1.20 bits per heavy atom. The van der Waals surface area contributed by atoms with Gasteiger partial charge in [-0.05, 0) is 82.5 Å². The first-order valence-electron chi connectivity index (χ1n) is 14.6. The van der Waals surface area contributed by atoms with Gasteiger partial charge in [0.1, 0.15) is 11.3 Å². The number of halogens is 2. The van der Waals surface area contributed by atoms with Crippen LogP contribution in [0.3, 0.4) is 0 Å². The van der Waals surface area contributed by atoms with Gasteiger partial charge in [-0.15, -0.1) is 0 Å². The minimum atomic E-state index is -0.119. The molecule has 1 aromatic carbocycles. The molecular formula is C30H40Cl2N6O2. The quantitative estimate of drug-likeness (QED) is 0.286. The normalized spacial score (nSPS) is 22.9. The van der Waals surface area contributed by atoms with E-state index < -0.39 is 0 Å². The average Bonchev–Trinajstić information content (AvgIpc) is 3.27. The molecule has 40 heavy (non-hydrogen) atoms. The van der Waals surface area contributed by atoms with Crippen molar-refractivity contribution in [2.75, 3.05) is 37.7 Å². The van der Waals surface area contributed by atoms with Crippen LogP contribution in [0.5, 0.6) is 0 Å². The van der Waals surface area contributed by atoms with Gasteiger partial charge in [0.2, 0.25) is 0 Å². The standard InChI is InChI=1S/C30H40Cl2N6O2/c1-5-40-28(39)11-8-22-7-6-13-36(18-22)26-12-14-37(17-19(26)2)27-16-33-29-20(3)35-38(30(29)34-27)21(4)24-10-9-23(31)15-25(24)32/h9-10,15-16,19,21-22,26H,5-8,11-14,17-18H2,1-4H3/t19-,21+,22-,26?/m0/s1. The smallest absolute Gasteiger partial charge is 0.305 e. The summed E-state index contributed by atoms with van der Waals surface area (Å²) in [7, 11) is 0. The highest BCUT2D eigenvalue weighted by molar-refractivity contribution is 6.35. The van der Waals surface area contributed by atoms with Crippen LogP contribution in [0.1, 0.15) is 70.2 Å². The number of aryl methyl sites for hydroxylation is 1. The number of esters is 1. The number of likely N-dealkylation sites (tertiary alicyclic amines) is 1. The number of ether oxygens (including phenoxy) is 1. The zero-order chi connectivity index (χ0) is 28.4. The Labute approximate surface area is 247 Å². The number of carbonyl (C=O) groups excluding carboxylic acids is 1. The van der Waals surface area contributed by atoms with Crippen LogP contribution in [0.15, 0.2) is 24.4 Å². The van der Waals surface area contributed by atoms with Gasteiger partial charge in [-0.1, -0.05) is 36.2 Å². The second-order valence-corrected chi connectivity index (χ2v) is 12.2. The summed E-state index contributed by atoms with van der Waals surface area (Å²) in [5, 5.41) is 6.02. The Kier molecular flexibility index (Phi) is 9.18. The molecule has 3 aromatic rings. The van der Waals surface area contributed by atoms with Gasteiger partial charge >= 0.3 is 5.97 Å². The van der Waals surface area contributed by atoms with Crippen molar-refractivity contribution < 1.29 is 9.53 Å². The topological polar surface area (TPSA) is 76.4 Å². The van der Waals surface area contributed by atoms with Crippen LogP contribution in [-0.2, 0) is 9.53 Å². The van der Waals surface area contributed by atoms with Gasteiger partial charge in [-0.25, -0.2) is 14.6 Å². The van der Waals surface area contributed by atoms with Crippen LogP contribution in [0, 0.1) is 18.8 Å². The maximum absolute atomic E-state index is 11.9. The lowest BCUT2D eigenvalue weighted by Gasteiger charge is -2.46. The number of anilines is 1. The molecule has 10 heteroatoms. The molecule has 2 aliphatic heterocycles. The fraction of sp³-hybridized carbons (Fsp3) is 0.600. The molecule has 0 spiro atoms. The molecular weight excluding hydrogens is 547 g/mol. The van der Waals surface area contributed by atoms with Crippen LogP contribution >= 0.6 is 23.2 Å². The fourth-order valence-corrected chi connectivity index (χ4v) is 7.08. The summed E-state index contributed by atoms with van der Waals surface area (Å²) in [5.74, 6) is 1.88. The van der Waals surface area contributed by atoms with Crippen molar-refractivity contribution in [2.45, 2.75) is 71.9 Å². The molecule has 0 aliphatic carbocycles. The molecule has 216 valence electrons. The minimum absolute atomic E-state index is 0.0680. The second-order valence-electron chi connectivity index (χ2n) is 11.4. The molecule has 2 saturated heterocycles. The third kappa shape index (κ3) is 6.24. The van der Waals surface area contributed by atoms with E-state index in [1.165, 1.54) is 12.8 Å². The van der Waals surface area contributed by atoms with E-state index in [0.717, 1.165) is 67.3 Å². The number of aromatic nitrogens is 4. The Morgan fingerprint density at radius 2 is 2.02 bits per heavy atom. The van der Waals surface area contributed by atoms with Crippen molar-refractivity contribution in [2.24, 2.45) is 11.8 Å². The maximum Gasteiger partial charge on any atom is 0.305 e. The lowest BCUT2D eigenvalue weighted by atomic mass is 9.87. The molecule has 0 saturated carbocycles. The molecule has 0 amide bonds. The highest BCUT2D eigenvalue weighted by Crippen LogP contribution is 2.33. The van der Waals surface area contributed by atoms with Crippen molar-refractivity contribution in [3.63, 3.8) is 0 Å². The third-order valence-corrected chi connectivity index (χ3v) is 9.17. The van der Waals surface area contributed by atoms with Gasteiger partial charge in [-0.3, -0.25) is 9.69 Å². The van der Waals surface area contributed by atoms with E-state index in [9.17, 15) is 4.79 Å². The number of piperidine rings is 2. The van der Waals surface area contributed by atoms with E-state index in [1.807, 2.05) is 36.9 Å². The summed E-state index contributed by atoms with van der Waals surface area (Å²) in [6.07, 6.45) is 6.82. The first-order valence-corrected chi connectivity index (χ1v) is 15.3. The zero-order valence-electron chi connectivity index (χ0n) is 23.9. The van der Waals surface area contributed by atoms with E-state index in [1.54, 1.807) is 6.07 Å². The summed E-state index contributed by atoms with van der Waals surface area (Å²) < 4.78 is 7.07. The van der Waals surface area contributed by atoms with E-state index in [-0.39, 0.29) is 12.0 Å². The number of hydrogen-bond acceptors (Lipinski definition) is 7. The lowest BCUT2D eigenvalue weighted by Crippen LogP contribution is -2.53. The van der Waals surface area contributed by atoms with Crippen LogP contribution in [0.2, 0.25) is 10.0 Å². The summed E-state index contributed by atoms with van der Waals surface area (Å²) in [6.45, 7) is 12.8. The third-order valence-electron chi connectivity index (χ3n) is 8.60. The largest absolute Gasteiger partial charge is 0.466 e. The summed E-state index contributed by atoms with van der Waals surface area (Å²) in [4.78, 5) is 26.8. The number of hydrogen-bond donors (Lipinski definition) is 0. The fourth-order valence-electron chi connectivity index (χ4n) is 6.51. The molecule has 8 nitrogen and oxygen atoms in total. The molecule has 0 radical (unpaired) electrons. The molecule has 2 aliphatic rings. The highest BCUT2D eigenvalue weighted by atomic mass is 35.5. The Morgan fingerprint density at radius 3 is 2.77 bits per heavy atom. The van der Waals surface area contributed by atoms with Crippen LogP contribution in [0.4, 0.5) is 5.82 Å². The van der Waals surface area contributed by atoms with Crippen molar-refractivity contribution in [1.82, 2.24) is 24.6 Å². The van der Waals surface area contributed by atoms with Crippen molar-refractivity contribution in [3.05, 3.63) is 45.7 Å². The van der Waals surface area contributed by atoms with E-state index in [2.05, 4.69) is 23.6 Å². The number of nitrogens with zero attached hydrogens (tertiary/aromatic N) is 6. The first kappa shape index (κ1) is 29.1. The van der Waals surface area contributed by atoms with Crippen molar-refractivity contribution in [3.8, 4) is 0 Å². The van der Waals surface area contributed by atoms with Crippen molar-refractivity contribution >= 4 is 46.2 Å². The SMILES string of the molecule is CCOC(=O)CC[C@@H]1CCCN(C2CCN(c3cnc4c(C)nn([C@H](C)c5ccc(Cl)cc5Cl)c4n3)C[C@@H]2C)C1. The van der Waals surface area contributed by atoms with Crippen LogP contribution in [0.25, 0.3) is 11.2 Å². The Hall–Kier alpha value is -2.42. The lowest BCUT2D eigenvalue weighted by molar-refractivity contribution is -0.143. The predicted octanol–water partition coefficient (Wildman–Crippen LogP) is 6.32. The zero-order valence-corrected chi connectivity index (χ0v) is 25.5. The molecule has 4 heterocycles. The Bertz CT molecular complexity index is 1350. The molecule has 0 N–H and O–H groups in total. The van der Waals surface area contributed by atoms with Crippen LogP contribution in [-0.4, -0.2) is 69.4 Å². The molecule has 2 fully saturated rings. The number of benzene rings is 1. The highest BCUT2D eigenvalue weighted by Gasteiger charge is 2.34. The van der Waals surface area contributed by atoms with E-state index >= 15 is 0 Å². The molecule has 0 bridgehead atoms. The molecule has 2 aromatic heterocycles. The van der Waals surface area contributed by atoms with Gasteiger partial charge in [0, 0.05) is 42.1 Å². The minimum Gasteiger partial charge on any atom is -0.466 e. The number of carbonyl (C=O) groups is 1. The van der Waals surface area contributed by atoms with Gasteiger partial charge in [0.05, 0.1) is 24.5 Å².